The van der Waals surface area contributed by atoms with E-state index in [4.69, 9.17) is 8.37 Å². The molecule has 0 aromatic carbocycles. The van der Waals surface area contributed by atoms with E-state index in [-0.39, 0.29) is 24.7 Å². The maximum atomic E-state index is 11.4. The summed E-state index contributed by atoms with van der Waals surface area (Å²) in [5, 5.41) is 0. The van der Waals surface area contributed by atoms with Crippen molar-refractivity contribution in [1.82, 2.24) is 0 Å². The van der Waals surface area contributed by atoms with Crippen LogP contribution in [0.4, 0.5) is 0 Å². The van der Waals surface area contributed by atoms with E-state index in [9.17, 15) is 16.8 Å². The Hall–Kier alpha value is -0.700. The quantitative estimate of drug-likeness (QED) is 0.373. The SMILES string of the molecule is CCCCS(=O)(=O)OCC=CC=CCOS(=O)(=O)CCCC. The summed E-state index contributed by atoms with van der Waals surface area (Å²) in [5.74, 6) is 0.0489. The lowest BCUT2D eigenvalue weighted by Gasteiger charge is -2.01. The molecule has 0 atom stereocenters. The zero-order valence-corrected chi connectivity index (χ0v) is 14.9. The number of allylic oxidation sites excluding steroid dienone is 2. The van der Waals surface area contributed by atoms with E-state index >= 15 is 0 Å². The highest BCUT2D eigenvalue weighted by Gasteiger charge is 2.09. The molecule has 0 aromatic heterocycles. The van der Waals surface area contributed by atoms with Gasteiger partial charge in [0.15, 0.2) is 0 Å². The Morgan fingerprint density at radius 2 is 1.09 bits per heavy atom. The van der Waals surface area contributed by atoms with E-state index < -0.39 is 20.2 Å². The summed E-state index contributed by atoms with van der Waals surface area (Å²) in [4.78, 5) is 0. The van der Waals surface area contributed by atoms with Crippen LogP contribution in [0.15, 0.2) is 24.3 Å². The molecule has 8 heteroatoms. The van der Waals surface area contributed by atoms with Crippen LogP contribution in [0, 0.1) is 0 Å². The lowest BCUT2D eigenvalue weighted by atomic mass is 10.4. The second-order valence-corrected chi connectivity index (χ2v) is 8.17. The summed E-state index contributed by atoms with van der Waals surface area (Å²) in [6, 6.07) is 0. The van der Waals surface area contributed by atoms with Gasteiger partial charge in [0.25, 0.3) is 20.2 Å². The molecule has 0 unspecified atom stereocenters. The normalized spacial score (nSPS) is 13.4. The van der Waals surface area contributed by atoms with Crippen LogP contribution in [0.1, 0.15) is 39.5 Å². The van der Waals surface area contributed by atoms with E-state index in [0.29, 0.717) is 12.8 Å². The molecule has 0 bridgehead atoms. The molecule has 0 aliphatic heterocycles. The van der Waals surface area contributed by atoms with E-state index in [1.165, 1.54) is 12.2 Å². The molecule has 130 valence electrons. The average Bonchev–Trinajstić information content (AvgIpc) is 2.46. The maximum Gasteiger partial charge on any atom is 0.267 e. The fourth-order valence-corrected chi connectivity index (χ4v) is 3.41. The topological polar surface area (TPSA) is 86.7 Å². The Balaban J connectivity index is 3.90. The van der Waals surface area contributed by atoms with Gasteiger partial charge in [-0.25, -0.2) is 0 Å². The lowest BCUT2D eigenvalue weighted by molar-refractivity contribution is 0.354. The van der Waals surface area contributed by atoms with Crippen molar-refractivity contribution in [2.75, 3.05) is 24.7 Å². The molecule has 0 N–H and O–H groups in total. The first-order chi connectivity index (χ1) is 10.3. The van der Waals surface area contributed by atoms with Crippen molar-refractivity contribution in [1.29, 1.82) is 0 Å². The Morgan fingerprint density at radius 1 is 0.727 bits per heavy atom. The van der Waals surface area contributed by atoms with E-state index in [0.717, 1.165) is 12.8 Å². The molecule has 0 aliphatic carbocycles. The minimum atomic E-state index is -3.45. The van der Waals surface area contributed by atoms with E-state index in [1.54, 1.807) is 12.2 Å². The first-order valence-electron chi connectivity index (χ1n) is 7.39. The standard InChI is InChI=1S/C14H26O6S2/c1-3-5-13-21(15,16)19-11-9-7-8-10-12-20-22(17,18)14-6-4-2/h7-10H,3-6,11-14H2,1-2H3. The third-order valence-electron chi connectivity index (χ3n) is 2.57. The molecule has 0 amide bonds. The summed E-state index contributed by atoms with van der Waals surface area (Å²) in [6.07, 6.45) is 8.97. The van der Waals surface area contributed by atoms with Gasteiger partial charge in [0.05, 0.1) is 24.7 Å². The van der Waals surface area contributed by atoms with Crippen molar-refractivity contribution in [2.24, 2.45) is 0 Å². The first-order valence-corrected chi connectivity index (χ1v) is 10.5. The smallest absolute Gasteiger partial charge is 0.266 e. The molecule has 6 nitrogen and oxygen atoms in total. The second kappa shape index (κ2) is 11.8. The van der Waals surface area contributed by atoms with Crippen LogP contribution in [0.5, 0.6) is 0 Å². The van der Waals surface area contributed by atoms with Gasteiger partial charge in [-0.3, -0.25) is 8.37 Å². The third-order valence-corrected chi connectivity index (χ3v) is 5.13. The summed E-state index contributed by atoms with van der Waals surface area (Å²) >= 11 is 0. The van der Waals surface area contributed by atoms with Gasteiger partial charge in [0, 0.05) is 0 Å². The molecule has 0 heterocycles. The van der Waals surface area contributed by atoms with Crippen LogP contribution < -0.4 is 0 Å². The zero-order chi connectivity index (χ0) is 16.9. The van der Waals surface area contributed by atoms with Gasteiger partial charge in [-0.2, -0.15) is 16.8 Å². The molecule has 0 spiro atoms. The van der Waals surface area contributed by atoms with E-state index in [1.807, 2.05) is 13.8 Å². The zero-order valence-electron chi connectivity index (χ0n) is 13.2. The van der Waals surface area contributed by atoms with Crippen molar-refractivity contribution in [3.63, 3.8) is 0 Å². The minimum Gasteiger partial charge on any atom is -0.266 e. The monoisotopic (exact) mass is 354 g/mol. The summed E-state index contributed by atoms with van der Waals surface area (Å²) in [7, 11) is -6.90. The van der Waals surface area contributed by atoms with Gasteiger partial charge in [0.2, 0.25) is 0 Å². The van der Waals surface area contributed by atoms with Crippen LogP contribution in [-0.2, 0) is 28.6 Å². The summed E-state index contributed by atoms with van der Waals surface area (Å²) in [5.41, 5.74) is 0. The maximum absolute atomic E-state index is 11.4. The molecule has 0 saturated carbocycles. The highest BCUT2D eigenvalue weighted by molar-refractivity contribution is 7.86. The van der Waals surface area contributed by atoms with Gasteiger partial charge in [-0.05, 0) is 12.8 Å². The van der Waals surface area contributed by atoms with Crippen LogP contribution in [0.3, 0.4) is 0 Å². The number of hydrogen-bond donors (Lipinski definition) is 0. The van der Waals surface area contributed by atoms with Crippen molar-refractivity contribution in [3.05, 3.63) is 24.3 Å². The Kier molecular flexibility index (Phi) is 11.4. The van der Waals surface area contributed by atoms with Crippen LogP contribution in [-0.4, -0.2) is 41.6 Å². The molecular weight excluding hydrogens is 328 g/mol. The molecule has 0 fully saturated rings. The van der Waals surface area contributed by atoms with Gasteiger partial charge in [-0.1, -0.05) is 51.0 Å². The van der Waals surface area contributed by atoms with Crippen LogP contribution >= 0.6 is 0 Å². The fraction of sp³-hybridized carbons (Fsp3) is 0.714. The molecule has 22 heavy (non-hydrogen) atoms. The largest absolute Gasteiger partial charge is 0.267 e. The number of unbranched alkanes of at least 4 members (excludes halogenated alkanes) is 2. The summed E-state index contributed by atoms with van der Waals surface area (Å²) < 4.78 is 55.0. The van der Waals surface area contributed by atoms with Crippen LogP contribution in [0.25, 0.3) is 0 Å². The van der Waals surface area contributed by atoms with E-state index in [2.05, 4.69) is 0 Å². The van der Waals surface area contributed by atoms with Gasteiger partial charge in [-0.15, -0.1) is 0 Å². The molecular formula is C14H26O6S2. The Labute approximate surface area is 134 Å². The van der Waals surface area contributed by atoms with Crippen molar-refractivity contribution < 1.29 is 25.2 Å². The van der Waals surface area contributed by atoms with Gasteiger partial charge in [0.1, 0.15) is 0 Å². The molecule has 0 rings (SSSR count). The minimum absolute atomic E-state index is 0.0244. The third kappa shape index (κ3) is 13.0. The van der Waals surface area contributed by atoms with Crippen LogP contribution in [0.2, 0.25) is 0 Å². The van der Waals surface area contributed by atoms with Gasteiger partial charge < -0.3 is 0 Å². The average molecular weight is 354 g/mol. The van der Waals surface area contributed by atoms with Crippen molar-refractivity contribution in [3.8, 4) is 0 Å². The van der Waals surface area contributed by atoms with Gasteiger partial charge >= 0.3 is 0 Å². The first kappa shape index (κ1) is 21.3. The van der Waals surface area contributed by atoms with Crippen molar-refractivity contribution in [2.45, 2.75) is 39.5 Å². The second-order valence-electron chi connectivity index (χ2n) is 4.66. The Bertz CT molecular complexity index is 482. The predicted octanol–water partition coefficient (Wildman–Crippen LogP) is 2.39. The predicted molar refractivity (Wildman–Crippen MR) is 87.6 cm³/mol. The fourth-order valence-electron chi connectivity index (χ4n) is 1.31. The number of hydrogen-bond acceptors (Lipinski definition) is 6. The molecule has 0 aromatic rings. The lowest BCUT2D eigenvalue weighted by Crippen LogP contribution is -2.10. The molecule has 0 aliphatic rings. The highest BCUT2D eigenvalue weighted by Crippen LogP contribution is 2.00. The highest BCUT2D eigenvalue weighted by atomic mass is 32.2. The molecule has 0 saturated heterocycles. The number of rotatable bonds is 13. The molecule has 0 radical (unpaired) electrons. The Morgan fingerprint density at radius 3 is 1.41 bits per heavy atom. The summed E-state index contributed by atoms with van der Waals surface area (Å²) in [6.45, 7) is 3.74. The van der Waals surface area contributed by atoms with Crippen molar-refractivity contribution >= 4 is 20.2 Å².